The molecule has 0 bridgehead atoms. The van der Waals surface area contributed by atoms with Crippen LogP contribution in [0.3, 0.4) is 0 Å². The van der Waals surface area contributed by atoms with Crippen LogP contribution in [0.25, 0.3) is 0 Å². The van der Waals surface area contributed by atoms with Gasteiger partial charge in [0.25, 0.3) is 0 Å². The van der Waals surface area contributed by atoms with Crippen LogP contribution < -0.4 is 10.2 Å². The maximum atomic E-state index is 11.0. The molecule has 0 spiro atoms. The van der Waals surface area contributed by atoms with Gasteiger partial charge in [-0.15, -0.1) is 0 Å². The Labute approximate surface area is 99.0 Å². The smallest absolute Gasteiger partial charge is 0.394 e. The van der Waals surface area contributed by atoms with Crippen molar-refractivity contribution in [3.63, 3.8) is 0 Å². The SMILES string of the molecule is O=C(O)C(=O)Nc1cccc(N2CCCC2)c1. The summed E-state index contributed by atoms with van der Waals surface area (Å²) >= 11 is 0. The lowest BCUT2D eigenvalue weighted by Crippen LogP contribution is -2.22. The van der Waals surface area contributed by atoms with E-state index in [0.717, 1.165) is 18.8 Å². The molecule has 0 saturated carbocycles. The molecule has 1 aromatic carbocycles. The number of carboxylic acid groups (broad SMARTS) is 1. The predicted molar refractivity (Wildman–Crippen MR) is 64.2 cm³/mol. The molecule has 0 aromatic heterocycles. The minimum absolute atomic E-state index is 0.516. The first-order valence-electron chi connectivity index (χ1n) is 5.56. The maximum absolute atomic E-state index is 11.0. The van der Waals surface area contributed by atoms with Crippen LogP contribution in [0.2, 0.25) is 0 Å². The summed E-state index contributed by atoms with van der Waals surface area (Å²) in [5.74, 6) is -2.49. The Bertz CT molecular complexity index is 439. The van der Waals surface area contributed by atoms with Gasteiger partial charge in [-0.05, 0) is 31.0 Å². The molecule has 0 atom stereocenters. The second-order valence-corrected chi connectivity index (χ2v) is 4.00. The van der Waals surface area contributed by atoms with Crippen molar-refractivity contribution in [3.05, 3.63) is 24.3 Å². The summed E-state index contributed by atoms with van der Waals surface area (Å²) < 4.78 is 0. The summed E-state index contributed by atoms with van der Waals surface area (Å²) in [6.07, 6.45) is 2.34. The average Bonchev–Trinajstić information content (AvgIpc) is 2.82. The van der Waals surface area contributed by atoms with Gasteiger partial charge in [0.1, 0.15) is 0 Å². The van der Waals surface area contributed by atoms with Gasteiger partial charge in [0.15, 0.2) is 0 Å². The van der Waals surface area contributed by atoms with Gasteiger partial charge < -0.3 is 15.3 Å². The Morgan fingerprint density at radius 2 is 1.94 bits per heavy atom. The van der Waals surface area contributed by atoms with Crippen molar-refractivity contribution in [3.8, 4) is 0 Å². The average molecular weight is 234 g/mol. The summed E-state index contributed by atoms with van der Waals surface area (Å²) in [7, 11) is 0. The van der Waals surface area contributed by atoms with E-state index in [2.05, 4.69) is 10.2 Å². The fourth-order valence-electron chi connectivity index (χ4n) is 1.94. The molecule has 5 heteroatoms. The summed E-state index contributed by atoms with van der Waals surface area (Å²) in [6, 6.07) is 7.25. The quantitative estimate of drug-likeness (QED) is 0.757. The summed E-state index contributed by atoms with van der Waals surface area (Å²) in [5.41, 5.74) is 1.53. The predicted octanol–water partition coefficient (Wildman–Crippen LogP) is 1.31. The molecule has 1 saturated heterocycles. The van der Waals surface area contributed by atoms with Gasteiger partial charge in [-0.1, -0.05) is 6.07 Å². The number of nitrogens with one attached hydrogen (secondary N) is 1. The van der Waals surface area contributed by atoms with Crippen LogP contribution in [0, 0.1) is 0 Å². The van der Waals surface area contributed by atoms with Gasteiger partial charge in [0, 0.05) is 24.5 Å². The Kier molecular flexibility index (Phi) is 3.27. The van der Waals surface area contributed by atoms with Crippen LogP contribution in [0.4, 0.5) is 11.4 Å². The van der Waals surface area contributed by atoms with Crippen LogP contribution in [0.15, 0.2) is 24.3 Å². The molecule has 2 N–H and O–H groups in total. The number of aliphatic carboxylic acids is 1. The first-order valence-corrected chi connectivity index (χ1v) is 5.56. The van der Waals surface area contributed by atoms with Crippen molar-refractivity contribution in [1.82, 2.24) is 0 Å². The highest BCUT2D eigenvalue weighted by Crippen LogP contribution is 2.23. The molecule has 1 amide bonds. The molecule has 1 aliphatic rings. The molecular formula is C12H14N2O3. The lowest BCUT2D eigenvalue weighted by Gasteiger charge is -2.18. The Hall–Kier alpha value is -2.04. The van der Waals surface area contributed by atoms with Gasteiger partial charge in [0.05, 0.1) is 0 Å². The highest BCUT2D eigenvalue weighted by Gasteiger charge is 2.14. The van der Waals surface area contributed by atoms with E-state index in [1.165, 1.54) is 12.8 Å². The first-order chi connectivity index (χ1) is 8.16. The minimum Gasteiger partial charge on any atom is -0.474 e. The molecule has 2 rings (SSSR count). The number of nitrogens with zero attached hydrogens (tertiary/aromatic N) is 1. The van der Waals surface area contributed by atoms with E-state index in [4.69, 9.17) is 5.11 Å². The Morgan fingerprint density at radius 1 is 1.24 bits per heavy atom. The van der Waals surface area contributed by atoms with Crippen molar-refractivity contribution in [2.75, 3.05) is 23.3 Å². The minimum atomic E-state index is -1.48. The second kappa shape index (κ2) is 4.86. The molecule has 17 heavy (non-hydrogen) atoms. The fourth-order valence-corrected chi connectivity index (χ4v) is 1.94. The summed E-state index contributed by atoms with van der Waals surface area (Å²) in [6.45, 7) is 2.02. The van der Waals surface area contributed by atoms with E-state index in [9.17, 15) is 9.59 Å². The lowest BCUT2D eigenvalue weighted by atomic mass is 10.2. The molecule has 1 heterocycles. The number of carbonyl (C=O) groups excluding carboxylic acids is 1. The second-order valence-electron chi connectivity index (χ2n) is 4.00. The van der Waals surface area contributed by atoms with Gasteiger partial charge >= 0.3 is 11.9 Å². The van der Waals surface area contributed by atoms with E-state index in [-0.39, 0.29) is 0 Å². The van der Waals surface area contributed by atoms with Crippen molar-refractivity contribution in [2.24, 2.45) is 0 Å². The molecule has 1 fully saturated rings. The molecule has 5 nitrogen and oxygen atoms in total. The van der Waals surface area contributed by atoms with Crippen LogP contribution in [-0.4, -0.2) is 30.1 Å². The molecule has 90 valence electrons. The van der Waals surface area contributed by atoms with Crippen molar-refractivity contribution < 1.29 is 14.7 Å². The van der Waals surface area contributed by atoms with Gasteiger partial charge in [0.2, 0.25) is 0 Å². The van der Waals surface area contributed by atoms with E-state index in [1.54, 1.807) is 12.1 Å². The van der Waals surface area contributed by atoms with Crippen molar-refractivity contribution in [2.45, 2.75) is 12.8 Å². The first kappa shape index (κ1) is 11.4. The fraction of sp³-hybridized carbons (Fsp3) is 0.333. The largest absolute Gasteiger partial charge is 0.474 e. The number of carboxylic acids is 1. The zero-order valence-electron chi connectivity index (χ0n) is 9.35. The number of hydrogen-bond acceptors (Lipinski definition) is 3. The highest BCUT2D eigenvalue weighted by atomic mass is 16.4. The number of hydrogen-bond donors (Lipinski definition) is 2. The van der Waals surface area contributed by atoms with Gasteiger partial charge in [-0.25, -0.2) is 4.79 Å². The van der Waals surface area contributed by atoms with Crippen LogP contribution in [0.1, 0.15) is 12.8 Å². The zero-order chi connectivity index (χ0) is 12.3. The Morgan fingerprint density at radius 3 is 2.59 bits per heavy atom. The number of amides is 1. The van der Waals surface area contributed by atoms with E-state index in [0.29, 0.717) is 5.69 Å². The van der Waals surface area contributed by atoms with Crippen LogP contribution in [0.5, 0.6) is 0 Å². The van der Waals surface area contributed by atoms with Crippen molar-refractivity contribution in [1.29, 1.82) is 0 Å². The summed E-state index contributed by atoms with van der Waals surface area (Å²) in [5, 5.41) is 10.8. The lowest BCUT2D eigenvalue weighted by molar-refractivity contribution is -0.147. The molecule has 0 unspecified atom stereocenters. The molecular weight excluding hydrogens is 220 g/mol. The number of anilines is 2. The van der Waals surface area contributed by atoms with Crippen molar-refractivity contribution >= 4 is 23.3 Å². The number of carbonyl (C=O) groups is 2. The topological polar surface area (TPSA) is 69.6 Å². The molecule has 0 radical (unpaired) electrons. The monoisotopic (exact) mass is 234 g/mol. The third kappa shape index (κ3) is 2.75. The third-order valence-electron chi connectivity index (χ3n) is 2.77. The zero-order valence-corrected chi connectivity index (χ0v) is 9.35. The number of rotatable bonds is 2. The number of benzene rings is 1. The highest BCUT2D eigenvalue weighted by molar-refractivity contribution is 6.36. The van der Waals surface area contributed by atoms with Gasteiger partial charge in [-0.3, -0.25) is 4.79 Å². The van der Waals surface area contributed by atoms with E-state index >= 15 is 0 Å². The van der Waals surface area contributed by atoms with Crippen LogP contribution in [-0.2, 0) is 9.59 Å². The molecule has 0 aliphatic carbocycles. The normalized spacial score (nSPS) is 14.7. The molecule has 1 aliphatic heterocycles. The van der Waals surface area contributed by atoms with E-state index in [1.807, 2.05) is 12.1 Å². The van der Waals surface area contributed by atoms with E-state index < -0.39 is 11.9 Å². The molecule has 1 aromatic rings. The summed E-state index contributed by atoms with van der Waals surface area (Å²) in [4.78, 5) is 23.7. The standard InChI is InChI=1S/C12H14N2O3/c15-11(12(16)17)13-9-4-3-5-10(8-9)14-6-1-2-7-14/h3-5,8H,1-2,6-7H2,(H,13,15)(H,16,17). The Balaban J connectivity index is 2.11. The van der Waals surface area contributed by atoms with Crippen LogP contribution >= 0.6 is 0 Å². The van der Waals surface area contributed by atoms with Gasteiger partial charge in [-0.2, -0.15) is 0 Å². The third-order valence-corrected chi connectivity index (χ3v) is 2.77. The maximum Gasteiger partial charge on any atom is 0.394 e.